The minimum Gasteiger partial charge on any atom is -0.461 e. The van der Waals surface area contributed by atoms with E-state index in [0.29, 0.717) is 6.61 Å². The van der Waals surface area contributed by atoms with Crippen LogP contribution in [0.15, 0.2) is 4.99 Å². The predicted octanol–water partition coefficient (Wildman–Crippen LogP) is 2.36. The van der Waals surface area contributed by atoms with Crippen LogP contribution in [0.3, 0.4) is 0 Å². The highest BCUT2D eigenvalue weighted by molar-refractivity contribution is 6.23. The fraction of sp³-hybridized carbons (Fsp3) is 0.714. The highest BCUT2D eigenvalue weighted by atomic mass is 16.5. The molecule has 1 atom stereocenters. The summed E-state index contributed by atoms with van der Waals surface area (Å²) in [4.78, 5) is 27.1. The van der Waals surface area contributed by atoms with E-state index in [1.165, 1.54) is 6.42 Å². The van der Waals surface area contributed by atoms with E-state index in [4.69, 9.17) is 4.74 Å². The molecule has 1 fully saturated rings. The lowest BCUT2D eigenvalue weighted by atomic mass is 9.84. The smallest absolute Gasteiger partial charge is 0.348 e. The fourth-order valence-electron chi connectivity index (χ4n) is 2.12. The molecule has 0 unspecified atom stereocenters. The molecule has 0 N–H and O–H groups in total. The minimum absolute atomic E-state index is 0.0502. The quantitative estimate of drug-likeness (QED) is 0.538. The van der Waals surface area contributed by atoms with Gasteiger partial charge in [0.25, 0.3) is 0 Å². The third-order valence-electron chi connectivity index (χ3n) is 3.14. The number of carbonyl (C=O) groups excluding carboxylic acids is 2. The summed E-state index contributed by atoms with van der Waals surface area (Å²) in [6, 6.07) is -0.678. The number of aliphatic imine (C=N–C) groups is 1. The van der Waals surface area contributed by atoms with E-state index in [1.807, 2.05) is 6.92 Å². The lowest BCUT2D eigenvalue weighted by Gasteiger charge is -2.21. The standard InChI is InChI=1S/C14H22NO3/c1-3-9-18-13(16)10-15-11(2)14(17)12-7-5-4-6-8-12/h10-12H,2-9H2,1H3/t11-/m0/s1. The molecule has 0 aromatic heterocycles. The first-order chi connectivity index (χ1) is 8.65. The maximum Gasteiger partial charge on any atom is 0.348 e. The topological polar surface area (TPSA) is 55.7 Å². The summed E-state index contributed by atoms with van der Waals surface area (Å²) in [6.45, 7) is 6.01. The van der Waals surface area contributed by atoms with Crippen LogP contribution >= 0.6 is 0 Å². The molecule has 1 aliphatic rings. The first-order valence-electron chi connectivity index (χ1n) is 6.72. The number of rotatable bonds is 6. The molecule has 0 aromatic carbocycles. The van der Waals surface area contributed by atoms with Gasteiger partial charge in [-0.2, -0.15) is 0 Å². The number of Topliss-reactive ketones (excluding diaryl/α,β-unsaturated/α-hetero) is 1. The monoisotopic (exact) mass is 252 g/mol. The number of nitrogens with zero attached hydrogens (tertiary/aromatic N) is 1. The Kier molecular flexibility index (Phi) is 6.61. The molecule has 1 aliphatic carbocycles. The van der Waals surface area contributed by atoms with Crippen molar-refractivity contribution >= 4 is 18.0 Å². The van der Waals surface area contributed by atoms with Gasteiger partial charge in [-0.3, -0.25) is 9.79 Å². The Morgan fingerprint density at radius 1 is 1.39 bits per heavy atom. The van der Waals surface area contributed by atoms with Crippen molar-refractivity contribution in [2.24, 2.45) is 10.9 Å². The SMILES string of the molecule is [CH2][C@H](N=CC(=O)OCCC)C(=O)C1CCCCC1. The van der Waals surface area contributed by atoms with Gasteiger partial charge in [0, 0.05) is 5.92 Å². The summed E-state index contributed by atoms with van der Waals surface area (Å²) in [7, 11) is 0. The van der Waals surface area contributed by atoms with Gasteiger partial charge in [-0.15, -0.1) is 0 Å². The van der Waals surface area contributed by atoms with Crippen molar-refractivity contribution in [3.63, 3.8) is 0 Å². The molecular weight excluding hydrogens is 230 g/mol. The van der Waals surface area contributed by atoms with Crippen LogP contribution in [0.4, 0.5) is 0 Å². The van der Waals surface area contributed by atoms with E-state index in [2.05, 4.69) is 11.9 Å². The molecule has 0 amide bonds. The zero-order chi connectivity index (χ0) is 13.4. The first kappa shape index (κ1) is 14.9. The third kappa shape index (κ3) is 4.98. The zero-order valence-electron chi connectivity index (χ0n) is 11.1. The molecule has 0 aromatic rings. The molecule has 101 valence electrons. The van der Waals surface area contributed by atoms with Crippen molar-refractivity contribution in [3.05, 3.63) is 6.92 Å². The zero-order valence-corrected chi connectivity index (χ0v) is 11.1. The van der Waals surface area contributed by atoms with Crippen molar-refractivity contribution in [2.75, 3.05) is 6.61 Å². The Labute approximate surface area is 109 Å². The van der Waals surface area contributed by atoms with Crippen LogP contribution in [0.2, 0.25) is 0 Å². The van der Waals surface area contributed by atoms with E-state index < -0.39 is 12.0 Å². The summed E-state index contributed by atoms with van der Waals surface area (Å²) in [5.74, 6) is -0.374. The van der Waals surface area contributed by atoms with Gasteiger partial charge in [-0.05, 0) is 26.2 Å². The highest BCUT2D eigenvalue weighted by Crippen LogP contribution is 2.25. The van der Waals surface area contributed by atoms with Crippen LogP contribution in [0.5, 0.6) is 0 Å². The van der Waals surface area contributed by atoms with Crippen molar-refractivity contribution in [1.29, 1.82) is 0 Å². The second kappa shape index (κ2) is 8.01. The summed E-state index contributed by atoms with van der Waals surface area (Å²) in [5.41, 5.74) is 0. The van der Waals surface area contributed by atoms with Crippen LogP contribution in [-0.2, 0) is 14.3 Å². The predicted molar refractivity (Wildman–Crippen MR) is 70.5 cm³/mol. The van der Waals surface area contributed by atoms with Gasteiger partial charge in [-0.1, -0.05) is 26.2 Å². The van der Waals surface area contributed by atoms with Crippen molar-refractivity contribution < 1.29 is 14.3 Å². The number of carbonyl (C=O) groups is 2. The molecule has 1 radical (unpaired) electrons. The number of ether oxygens (including phenoxy) is 1. The van der Waals surface area contributed by atoms with Gasteiger partial charge < -0.3 is 4.74 Å². The van der Waals surface area contributed by atoms with Crippen LogP contribution in [0.1, 0.15) is 45.4 Å². The summed E-state index contributed by atoms with van der Waals surface area (Å²) in [6.07, 6.45) is 7.12. The second-order valence-electron chi connectivity index (χ2n) is 4.70. The Morgan fingerprint density at radius 3 is 2.67 bits per heavy atom. The largest absolute Gasteiger partial charge is 0.461 e. The van der Waals surface area contributed by atoms with Gasteiger partial charge in [0.2, 0.25) is 0 Å². The maximum atomic E-state index is 12.0. The number of ketones is 1. The minimum atomic E-state index is -0.678. The van der Waals surface area contributed by atoms with Crippen molar-refractivity contribution in [1.82, 2.24) is 0 Å². The van der Waals surface area contributed by atoms with E-state index in [9.17, 15) is 9.59 Å². The number of esters is 1. The molecule has 0 heterocycles. The van der Waals surface area contributed by atoms with Crippen LogP contribution in [-0.4, -0.2) is 30.6 Å². The summed E-state index contributed by atoms with van der Waals surface area (Å²) in [5, 5.41) is 0. The van der Waals surface area contributed by atoms with Gasteiger partial charge >= 0.3 is 5.97 Å². The van der Waals surface area contributed by atoms with Crippen molar-refractivity contribution in [2.45, 2.75) is 51.5 Å². The molecule has 1 saturated carbocycles. The lowest BCUT2D eigenvalue weighted by molar-refractivity contribution is -0.135. The average Bonchev–Trinajstić information content (AvgIpc) is 2.42. The summed E-state index contributed by atoms with van der Waals surface area (Å²) >= 11 is 0. The van der Waals surface area contributed by atoms with Crippen molar-refractivity contribution in [3.8, 4) is 0 Å². The molecule has 0 aliphatic heterocycles. The van der Waals surface area contributed by atoms with Crippen LogP contribution < -0.4 is 0 Å². The molecule has 4 nitrogen and oxygen atoms in total. The Hall–Kier alpha value is -1.19. The average molecular weight is 252 g/mol. The normalized spacial score (nSPS) is 18.8. The summed E-state index contributed by atoms with van der Waals surface area (Å²) < 4.78 is 4.84. The molecule has 0 saturated heterocycles. The first-order valence-corrected chi connectivity index (χ1v) is 6.72. The molecule has 18 heavy (non-hydrogen) atoms. The van der Waals surface area contributed by atoms with E-state index >= 15 is 0 Å². The Morgan fingerprint density at radius 2 is 2.06 bits per heavy atom. The van der Waals surface area contributed by atoms with E-state index in [0.717, 1.165) is 38.3 Å². The fourth-order valence-corrected chi connectivity index (χ4v) is 2.12. The highest BCUT2D eigenvalue weighted by Gasteiger charge is 2.24. The Balaban J connectivity index is 2.38. The van der Waals surface area contributed by atoms with Gasteiger partial charge in [0.15, 0.2) is 5.78 Å². The second-order valence-corrected chi connectivity index (χ2v) is 4.70. The molecule has 4 heteroatoms. The third-order valence-corrected chi connectivity index (χ3v) is 3.14. The number of hydrogen-bond acceptors (Lipinski definition) is 4. The number of hydrogen-bond donors (Lipinski definition) is 0. The lowest BCUT2D eigenvalue weighted by Crippen LogP contribution is -2.27. The van der Waals surface area contributed by atoms with E-state index in [1.54, 1.807) is 0 Å². The molecule has 0 spiro atoms. The molecule has 0 bridgehead atoms. The molecular formula is C14H22NO3. The van der Waals surface area contributed by atoms with Crippen LogP contribution in [0.25, 0.3) is 0 Å². The maximum absolute atomic E-state index is 12.0. The van der Waals surface area contributed by atoms with Gasteiger partial charge in [0.05, 0.1) is 6.61 Å². The van der Waals surface area contributed by atoms with Gasteiger partial charge in [-0.25, -0.2) is 4.79 Å². The van der Waals surface area contributed by atoms with Gasteiger partial charge in [0.1, 0.15) is 12.3 Å². The molecule has 1 rings (SSSR count). The van der Waals surface area contributed by atoms with E-state index in [-0.39, 0.29) is 11.7 Å². The Bertz CT molecular complexity index is 306. The van der Waals surface area contributed by atoms with Crippen LogP contribution in [0, 0.1) is 12.8 Å².